The van der Waals surface area contributed by atoms with Gasteiger partial charge in [0.25, 0.3) is 15.9 Å². The number of nitrogens with one attached hydrogen (secondary N) is 2. The second kappa shape index (κ2) is 7.29. The van der Waals surface area contributed by atoms with Crippen molar-refractivity contribution >= 4 is 21.6 Å². The highest BCUT2D eigenvalue weighted by molar-refractivity contribution is 7.92. The largest absolute Gasteiger partial charge is 0.347 e. The van der Waals surface area contributed by atoms with Gasteiger partial charge < -0.3 is 5.32 Å². The lowest BCUT2D eigenvalue weighted by Gasteiger charge is -2.56. The van der Waals surface area contributed by atoms with Crippen molar-refractivity contribution in [1.82, 2.24) is 5.32 Å². The number of carbonyl (C=O) groups excluding carboxylic acids is 1. The first-order valence-electron chi connectivity index (χ1n) is 10.6. The molecule has 0 radical (unpaired) electrons. The quantitative estimate of drug-likeness (QED) is 0.712. The number of carbonyl (C=O) groups is 1. The first kappa shape index (κ1) is 20.4. The Labute approximate surface area is 180 Å². The van der Waals surface area contributed by atoms with E-state index in [-0.39, 0.29) is 22.7 Å². The Morgan fingerprint density at radius 2 is 1.52 bits per heavy atom. The van der Waals surface area contributed by atoms with Gasteiger partial charge in [-0.2, -0.15) is 0 Å². The summed E-state index contributed by atoms with van der Waals surface area (Å²) in [5.41, 5.74) is 0.108. The van der Waals surface area contributed by atoms with Crippen LogP contribution in [0.5, 0.6) is 0 Å². The van der Waals surface area contributed by atoms with Crippen LogP contribution in [0.4, 0.5) is 14.5 Å². The predicted octanol–water partition coefficient (Wildman–Crippen LogP) is 4.46. The van der Waals surface area contributed by atoms with Gasteiger partial charge in [-0.25, -0.2) is 17.2 Å². The minimum atomic E-state index is -4.20. The molecule has 4 aliphatic carbocycles. The van der Waals surface area contributed by atoms with Crippen molar-refractivity contribution in [2.45, 2.75) is 49.0 Å². The number of hydrogen-bond donors (Lipinski definition) is 2. The summed E-state index contributed by atoms with van der Waals surface area (Å²) < 4.78 is 54.5. The van der Waals surface area contributed by atoms with Gasteiger partial charge in [0.2, 0.25) is 0 Å². The Bertz CT molecular complexity index is 1110. The third-order valence-electron chi connectivity index (χ3n) is 7.03. The van der Waals surface area contributed by atoms with E-state index >= 15 is 0 Å². The lowest BCUT2D eigenvalue weighted by Crippen LogP contribution is -2.59. The molecular formula is C23H24F2N2O3S. The van der Waals surface area contributed by atoms with Crippen molar-refractivity contribution in [2.24, 2.45) is 17.8 Å². The molecule has 0 unspecified atom stereocenters. The summed E-state index contributed by atoms with van der Waals surface area (Å²) in [6, 6.07) is 8.71. The number of hydrogen-bond acceptors (Lipinski definition) is 3. The van der Waals surface area contributed by atoms with Crippen molar-refractivity contribution in [3.05, 3.63) is 59.7 Å². The number of anilines is 1. The lowest BCUT2D eigenvalue weighted by atomic mass is 9.53. The molecule has 0 aromatic heterocycles. The van der Waals surface area contributed by atoms with Crippen LogP contribution in [0.1, 0.15) is 48.9 Å². The molecule has 31 heavy (non-hydrogen) atoms. The van der Waals surface area contributed by atoms with E-state index in [1.54, 1.807) is 18.2 Å². The molecule has 1 amide bonds. The maximum atomic E-state index is 13.5. The number of amides is 1. The van der Waals surface area contributed by atoms with Crippen molar-refractivity contribution in [3.8, 4) is 0 Å². The third-order valence-corrected chi connectivity index (χ3v) is 8.40. The molecule has 4 bridgehead atoms. The second-order valence-corrected chi connectivity index (χ2v) is 11.1. The van der Waals surface area contributed by atoms with Gasteiger partial charge in [0, 0.05) is 5.54 Å². The number of benzene rings is 2. The van der Waals surface area contributed by atoms with Crippen LogP contribution in [0.2, 0.25) is 0 Å². The Hall–Kier alpha value is -2.48. The number of para-hydroxylation sites is 1. The van der Waals surface area contributed by atoms with E-state index in [1.807, 2.05) is 0 Å². The van der Waals surface area contributed by atoms with Crippen LogP contribution in [-0.2, 0) is 10.0 Å². The monoisotopic (exact) mass is 446 g/mol. The number of sulfonamides is 1. The summed E-state index contributed by atoms with van der Waals surface area (Å²) in [6.45, 7) is 0. The molecule has 4 aliphatic rings. The van der Waals surface area contributed by atoms with Crippen LogP contribution in [0.3, 0.4) is 0 Å². The molecule has 0 saturated heterocycles. The Kier molecular flexibility index (Phi) is 4.80. The smallest absolute Gasteiger partial charge is 0.262 e. The summed E-state index contributed by atoms with van der Waals surface area (Å²) in [4.78, 5) is 12.8. The molecule has 164 valence electrons. The fraction of sp³-hybridized carbons (Fsp3) is 0.435. The molecule has 0 spiro atoms. The van der Waals surface area contributed by atoms with E-state index in [1.165, 1.54) is 25.3 Å². The molecule has 6 rings (SSSR count). The first-order valence-corrected chi connectivity index (χ1v) is 12.1. The number of halogens is 2. The fourth-order valence-electron chi connectivity index (χ4n) is 6.19. The minimum Gasteiger partial charge on any atom is -0.347 e. The summed E-state index contributed by atoms with van der Waals surface area (Å²) in [6.07, 6.45) is 6.69. The van der Waals surface area contributed by atoms with Crippen molar-refractivity contribution in [3.63, 3.8) is 0 Å². The zero-order valence-corrected chi connectivity index (χ0v) is 17.7. The van der Waals surface area contributed by atoms with Gasteiger partial charge in [-0.1, -0.05) is 12.1 Å². The van der Waals surface area contributed by atoms with Gasteiger partial charge >= 0.3 is 0 Å². The molecule has 2 aromatic carbocycles. The summed E-state index contributed by atoms with van der Waals surface area (Å²) >= 11 is 0. The van der Waals surface area contributed by atoms with E-state index in [2.05, 4.69) is 10.0 Å². The first-order chi connectivity index (χ1) is 14.7. The minimum absolute atomic E-state index is 0.106. The van der Waals surface area contributed by atoms with Gasteiger partial charge in [-0.3, -0.25) is 9.52 Å². The van der Waals surface area contributed by atoms with Crippen LogP contribution in [0.25, 0.3) is 0 Å². The van der Waals surface area contributed by atoms with Crippen molar-refractivity contribution in [1.29, 1.82) is 0 Å². The maximum absolute atomic E-state index is 13.5. The van der Waals surface area contributed by atoms with E-state index in [0.29, 0.717) is 23.8 Å². The summed E-state index contributed by atoms with van der Waals surface area (Å²) in [5.74, 6) is -0.716. The molecule has 0 atom stereocenters. The van der Waals surface area contributed by atoms with E-state index in [0.717, 1.165) is 31.4 Å². The van der Waals surface area contributed by atoms with Gasteiger partial charge in [0.15, 0.2) is 11.6 Å². The molecule has 4 fully saturated rings. The third kappa shape index (κ3) is 3.82. The topological polar surface area (TPSA) is 75.3 Å². The van der Waals surface area contributed by atoms with Crippen LogP contribution in [-0.4, -0.2) is 19.9 Å². The normalized spacial score (nSPS) is 29.0. The fourth-order valence-corrected chi connectivity index (χ4v) is 7.28. The number of rotatable bonds is 5. The molecule has 0 aliphatic heterocycles. The Morgan fingerprint density at radius 3 is 2.13 bits per heavy atom. The Balaban J connectivity index is 1.39. The second-order valence-electron chi connectivity index (χ2n) is 9.38. The van der Waals surface area contributed by atoms with Crippen LogP contribution in [0, 0.1) is 29.4 Å². The molecule has 5 nitrogen and oxygen atoms in total. The molecule has 2 aromatic rings. The average Bonchev–Trinajstić information content (AvgIpc) is 2.68. The SMILES string of the molecule is O=C(NC12CC3CC(CC(C3)C1)C2)c1ccccc1NS(=O)(=O)c1ccc(F)c(F)c1. The molecule has 0 heterocycles. The summed E-state index contributed by atoms with van der Waals surface area (Å²) in [7, 11) is -4.20. The lowest BCUT2D eigenvalue weighted by molar-refractivity contribution is -0.0166. The highest BCUT2D eigenvalue weighted by atomic mass is 32.2. The van der Waals surface area contributed by atoms with Gasteiger partial charge in [0.1, 0.15) is 0 Å². The highest BCUT2D eigenvalue weighted by Crippen LogP contribution is 2.55. The zero-order chi connectivity index (χ0) is 21.8. The Morgan fingerprint density at radius 1 is 0.903 bits per heavy atom. The maximum Gasteiger partial charge on any atom is 0.262 e. The van der Waals surface area contributed by atoms with E-state index < -0.39 is 26.6 Å². The van der Waals surface area contributed by atoms with Gasteiger partial charge in [0.05, 0.1) is 16.1 Å². The van der Waals surface area contributed by atoms with E-state index in [9.17, 15) is 22.0 Å². The average molecular weight is 447 g/mol. The predicted molar refractivity (Wildman–Crippen MR) is 112 cm³/mol. The van der Waals surface area contributed by atoms with Crippen molar-refractivity contribution < 1.29 is 22.0 Å². The highest BCUT2D eigenvalue weighted by Gasteiger charge is 2.51. The molecule has 8 heteroatoms. The standard InChI is InChI=1S/C23H24F2N2O3S/c24-19-6-5-17(10-20(19)25)31(29,30)27-21-4-2-1-3-18(21)22(28)26-23-11-14-7-15(12-23)9-16(8-14)13-23/h1-6,10,14-16,27H,7-9,11-13H2,(H,26,28). The zero-order valence-electron chi connectivity index (χ0n) is 16.9. The molecular weight excluding hydrogens is 422 g/mol. The van der Waals surface area contributed by atoms with Crippen LogP contribution >= 0.6 is 0 Å². The van der Waals surface area contributed by atoms with E-state index in [4.69, 9.17) is 0 Å². The van der Waals surface area contributed by atoms with Crippen LogP contribution in [0.15, 0.2) is 47.4 Å². The van der Waals surface area contributed by atoms with Crippen LogP contribution < -0.4 is 10.0 Å². The van der Waals surface area contributed by atoms with Gasteiger partial charge in [-0.05, 0) is 86.6 Å². The van der Waals surface area contributed by atoms with Gasteiger partial charge in [-0.15, -0.1) is 0 Å². The van der Waals surface area contributed by atoms with Crippen molar-refractivity contribution in [2.75, 3.05) is 4.72 Å². The molecule has 2 N–H and O–H groups in total. The summed E-state index contributed by atoms with van der Waals surface area (Å²) in [5, 5.41) is 3.24. The molecule has 4 saturated carbocycles.